The highest BCUT2D eigenvalue weighted by Gasteiger charge is 2.05. The Morgan fingerprint density at radius 2 is 1.15 bits per heavy atom. The normalized spacial score (nSPS) is 9.90. The molecular weight excluding hydrogens is 244 g/mol. The Labute approximate surface area is 120 Å². The average molecular weight is 264 g/mol. The molecule has 0 N–H and O–H groups in total. The molecule has 0 aromatic heterocycles. The molecule has 2 heteroatoms. The maximum atomic E-state index is 4.75. The molecule has 2 rings (SSSR count). The molecule has 0 spiro atoms. The Hall–Kier alpha value is -2.22. The third kappa shape index (κ3) is 4.16. The van der Waals surface area contributed by atoms with Gasteiger partial charge in [0.15, 0.2) is 0 Å². The lowest BCUT2D eigenvalue weighted by molar-refractivity contribution is 0.973. The van der Waals surface area contributed by atoms with E-state index in [1.165, 1.54) is 0 Å². The van der Waals surface area contributed by atoms with Crippen molar-refractivity contribution in [3.63, 3.8) is 0 Å². The molecule has 0 aliphatic heterocycles. The lowest BCUT2D eigenvalue weighted by atomic mass is 10.0. The number of hydrogen-bond acceptors (Lipinski definition) is 2. The van der Waals surface area contributed by atoms with Crippen molar-refractivity contribution >= 4 is 11.4 Å². The molecule has 0 saturated carbocycles. The molecule has 0 aliphatic rings. The highest BCUT2D eigenvalue weighted by molar-refractivity contribution is 6.12. The number of aliphatic imine (C=N–C) groups is 2. The molecular formula is C18H20N2. The van der Waals surface area contributed by atoms with Crippen LogP contribution in [0.25, 0.3) is 0 Å². The number of benzene rings is 2. The maximum Gasteiger partial charge on any atom is 0.0719 e. The first kappa shape index (κ1) is 14.2. The first-order valence-corrected chi connectivity index (χ1v) is 6.90. The van der Waals surface area contributed by atoms with Gasteiger partial charge in [-0.25, -0.2) is 0 Å². The fourth-order valence-corrected chi connectivity index (χ4v) is 1.98. The van der Waals surface area contributed by atoms with Gasteiger partial charge >= 0.3 is 0 Å². The van der Waals surface area contributed by atoms with Crippen LogP contribution in [0.5, 0.6) is 0 Å². The summed E-state index contributed by atoms with van der Waals surface area (Å²) in [5.41, 5.74) is 4.43. The van der Waals surface area contributed by atoms with E-state index >= 15 is 0 Å². The van der Waals surface area contributed by atoms with Crippen molar-refractivity contribution in [3.05, 3.63) is 71.8 Å². The van der Waals surface area contributed by atoms with Crippen LogP contribution in [0, 0.1) is 0 Å². The second-order valence-electron chi connectivity index (χ2n) is 4.79. The Balaban J connectivity index is 2.26. The van der Waals surface area contributed by atoms with Crippen LogP contribution in [0.4, 0.5) is 0 Å². The summed E-state index contributed by atoms with van der Waals surface area (Å²) in [6, 6.07) is 20.6. The minimum atomic E-state index is 0.713. The van der Waals surface area contributed by atoms with E-state index in [9.17, 15) is 0 Å². The van der Waals surface area contributed by atoms with Crippen molar-refractivity contribution in [1.82, 2.24) is 0 Å². The number of nitrogens with zero attached hydrogens (tertiary/aromatic N) is 2. The SMILES string of the molecule is CC(C)=NCCN=C(c1ccccc1)c1ccccc1. The summed E-state index contributed by atoms with van der Waals surface area (Å²) in [4.78, 5) is 9.14. The van der Waals surface area contributed by atoms with Crippen molar-refractivity contribution in [2.24, 2.45) is 9.98 Å². The van der Waals surface area contributed by atoms with Crippen molar-refractivity contribution in [2.75, 3.05) is 13.1 Å². The van der Waals surface area contributed by atoms with Crippen LogP contribution in [-0.2, 0) is 0 Å². The summed E-state index contributed by atoms with van der Waals surface area (Å²) in [7, 11) is 0. The fourth-order valence-electron chi connectivity index (χ4n) is 1.98. The Morgan fingerprint density at radius 1 is 0.700 bits per heavy atom. The zero-order chi connectivity index (χ0) is 14.2. The molecule has 0 atom stereocenters. The summed E-state index contributed by atoms with van der Waals surface area (Å²) in [6.07, 6.45) is 0. The van der Waals surface area contributed by atoms with Gasteiger partial charge in [0.25, 0.3) is 0 Å². The van der Waals surface area contributed by atoms with Crippen LogP contribution in [-0.4, -0.2) is 24.5 Å². The van der Waals surface area contributed by atoms with Crippen molar-refractivity contribution < 1.29 is 0 Å². The molecule has 0 bridgehead atoms. The van der Waals surface area contributed by atoms with E-state index in [2.05, 4.69) is 29.3 Å². The highest BCUT2D eigenvalue weighted by Crippen LogP contribution is 2.10. The molecule has 0 aliphatic carbocycles. The molecule has 0 heterocycles. The standard InChI is InChI=1S/C18H20N2/c1-15(2)19-13-14-20-18(16-9-5-3-6-10-16)17-11-7-4-8-12-17/h3-12H,13-14H2,1-2H3. The average Bonchev–Trinajstić information content (AvgIpc) is 2.49. The first-order chi connectivity index (χ1) is 9.77. The van der Waals surface area contributed by atoms with Gasteiger partial charge in [-0.15, -0.1) is 0 Å². The zero-order valence-corrected chi connectivity index (χ0v) is 12.1. The maximum absolute atomic E-state index is 4.75. The van der Waals surface area contributed by atoms with Gasteiger partial charge in [-0.3, -0.25) is 9.98 Å². The fraction of sp³-hybridized carbons (Fsp3) is 0.222. The third-order valence-electron chi connectivity index (χ3n) is 2.89. The van der Waals surface area contributed by atoms with E-state index in [0.29, 0.717) is 6.54 Å². The van der Waals surface area contributed by atoms with E-state index in [-0.39, 0.29) is 0 Å². The van der Waals surface area contributed by atoms with E-state index in [1.807, 2.05) is 50.2 Å². The van der Waals surface area contributed by atoms with Crippen LogP contribution in [0.1, 0.15) is 25.0 Å². The second kappa shape index (κ2) is 7.39. The molecule has 0 amide bonds. The predicted molar refractivity (Wildman–Crippen MR) is 87.0 cm³/mol. The summed E-state index contributed by atoms with van der Waals surface area (Å²) in [6.45, 7) is 5.48. The van der Waals surface area contributed by atoms with Gasteiger partial charge in [0.05, 0.1) is 18.8 Å². The molecule has 0 fully saturated rings. The first-order valence-electron chi connectivity index (χ1n) is 6.90. The van der Waals surface area contributed by atoms with E-state index in [1.54, 1.807) is 0 Å². The van der Waals surface area contributed by atoms with Gasteiger partial charge in [-0.1, -0.05) is 60.7 Å². The summed E-state index contributed by atoms with van der Waals surface area (Å²) in [5.74, 6) is 0. The van der Waals surface area contributed by atoms with Gasteiger partial charge in [0.2, 0.25) is 0 Å². The van der Waals surface area contributed by atoms with Gasteiger partial charge in [0, 0.05) is 16.8 Å². The minimum Gasteiger partial charge on any atom is -0.293 e. The lowest BCUT2D eigenvalue weighted by Crippen LogP contribution is -2.05. The minimum absolute atomic E-state index is 0.713. The third-order valence-corrected chi connectivity index (χ3v) is 2.89. The van der Waals surface area contributed by atoms with Crippen molar-refractivity contribution in [3.8, 4) is 0 Å². The van der Waals surface area contributed by atoms with Crippen LogP contribution in [0.15, 0.2) is 70.6 Å². The molecule has 0 saturated heterocycles. The zero-order valence-electron chi connectivity index (χ0n) is 12.1. The molecule has 102 valence electrons. The highest BCUT2D eigenvalue weighted by atomic mass is 14.8. The Morgan fingerprint density at radius 3 is 1.60 bits per heavy atom. The number of rotatable bonds is 5. The van der Waals surface area contributed by atoms with Crippen LogP contribution in [0.3, 0.4) is 0 Å². The largest absolute Gasteiger partial charge is 0.293 e. The van der Waals surface area contributed by atoms with Crippen LogP contribution < -0.4 is 0 Å². The lowest BCUT2D eigenvalue weighted by Gasteiger charge is -2.07. The van der Waals surface area contributed by atoms with Gasteiger partial charge in [-0.2, -0.15) is 0 Å². The van der Waals surface area contributed by atoms with Gasteiger partial charge in [-0.05, 0) is 13.8 Å². The van der Waals surface area contributed by atoms with Crippen molar-refractivity contribution in [2.45, 2.75) is 13.8 Å². The predicted octanol–water partition coefficient (Wildman–Crippen LogP) is 4.00. The molecule has 2 aromatic carbocycles. The molecule has 20 heavy (non-hydrogen) atoms. The van der Waals surface area contributed by atoms with Crippen LogP contribution in [0.2, 0.25) is 0 Å². The van der Waals surface area contributed by atoms with E-state index in [0.717, 1.165) is 29.1 Å². The summed E-state index contributed by atoms with van der Waals surface area (Å²) >= 11 is 0. The number of hydrogen-bond donors (Lipinski definition) is 0. The summed E-state index contributed by atoms with van der Waals surface area (Å²) < 4.78 is 0. The van der Waals surface area contributed by atoms with E-state index < -0.39 is 0 Å². The Bertz CT molecular complexity index is 538. The summed E-state index contributed by atoms with van der Waals surface area (Å²) in [5, 5.41) is 0. The molecule has 2 nitrogen and oxygen atoms in total. The van der Waals surface area contributed by atoms with Gasteiger partial charge < -0.3 is 0 Å². The molecule has 0 radical (unpaired) electrons. The second-order valence-corrected chi connectivity index (χ2v) is 4.79. The van der Waals surface area contributed by atoms with Gasteiger partial charge in [0.1, 0.15) is 0 Å². The van der Waals surface area contributed by atoms with Crippen molar-refractivity contribution in [1.29, 1.82) is 0 Å². The molecule has 0 unspecified atom stereocenters. The quantitative estimate of drug-likeness (QED) is 0.576. The Kier molecular flexibility index (Phi) is 5.24. The monoisotopic (exact) mass is 264 g/mol. The molecule has 2 aromatic rings. The van der Waals surface area contributed by atoms with Crippen LogP contribution >= 0.6 is 0 Å². The van der Waals surface area contributed by atoms with E-state index in [4.69, 9.17) is 4.99 Å². The topological polar surface area (TPSA) is 24.7 Å². The smallest absolute Gasteiger partial charge is 0.0719 e.